The van der Waals surface area contributed by atoms with Gasteiger partial charge in [-0.1, -0.05) is 13.3 Å². The van der Waals surface area contributed by atoms with E-state index in [1.165, 1.54) is 0 Å². The summed E-state index contributed by atoms with van der Waals surface area (Å²) in [5, 5.41) is 8.91. The van der Waals surface area contributed by atoms with Crippen LogP contribution >= 0.6 is 0 Å². The van der Waals surface area contributed by atoms with Gasteiger partial charge >= 0.3 is 12.1 Å². The Labute approximate surface area is 94.3 Å². The summed E-state index contributed by atoms with van der Waals surface area (Å²) < 4.78 is 4.98. The average Bonchev–Trinajstić information content (AvgIpc) is 2.62. The predicted molar refractivity (Wildman–Crippen MR) is 56.8 cm³/mol. The third-order valence-corrected chi connectivity index (χ3v) is 2.74. The van der Waals surface area contributed by atoms with Crippen molar-refractivity contribution in [3.05, 3.63) is 0 Å². The number of nitrogens with zero attached hydrogens (tertiary/aromatic N) is 1. The number of nitrogens with two attached hydrogens (primary N) is 1. The number of unbranched alkanes of at least 4 members (excludes halogenated alkanes) is 1. The van der Waals surface area contributed by atoms with Crippen molar-refractivity contribution in [2.75, 3.05) is 13.2 Å². The Balaban J connectivity index is 2.61. The predicted octanol–water partition coefficient (Wildman–Crippen LogP) is 0.758. The molecule has 6 nitrogen and oxygen atoms in total. The molecule has 1 heterocycles. The lowest BCUT2D eigenvalue weighted by Gasteiger charge is -2.30. The van der Waals surface area contributed by atoms with Gasteiger partial charge in [0.2, 0.25) is 0 Å². The molecular formula is C10H18N2O4. The zero-order chi connectivity index (χ0) is 12.2. The molecule has 0 bridgehead atoms. The third kappa shape index (κ3) is 2.44. The highest BCUT2D eigenvalue weighted by atomic mass is 16.5. The molecule has 0 radical (unpaired) electrons. The number of amides is 1. The number of carboxylic acid groups (broad SMARTS) is 1. The molecule has 0 aromatic rings. The molecule has 1 rings (SSSR count). The number of esters is 1. The minimum atomic E-state index is -1.49. The van der Waals surface area contributed by atoms with E-state index in [0.717, 1.165) is 17.7 Å². The van der Waals surface area contributed by atoms with Crippen LogP contribution in [-0.4, -0.2) is 40.9 Å². The van der Waals surface area contributed by atoms with Crippen LogP contribution in [0.1, 0.15) is 32.6 Å². The van der Waals surface area contributed by atoms with Crippen molar-refractivity contribution in [2.45, 2.75) is 38.3 Å². The molecule has 0 aromatic carbocycles. The van der Waals surface area contributed by atoms with E-state index < -0.39 is 17.7 Å². The molecule has 1 saturated heterocycles. The van der Waals surface area contributed by atoms with Gasteiger partial charge in [0.1, 0.15) is 0 Å². The molecule has 92 valence electrons. The highest BCUT2D eigenvalue weighted by Crippen LogP contribution is 2.25. The van der Waals surface area contributed by atoms with E-state index in [9.17, 15) is 9.59 Å². The fourth-order valence-electron chi connectivity index (χ4n) is 1.75. The number of rotatable bonds is 4. The molecule has 1 aliphatic rings. The molecule has 0 spiro atoms. The lowest BCUT2D eigenvalue weighted by molar-refractivity contribution is -0.155. The summed E-state index contributed by atoms with van der Waals surface area (Å²) in [6, 6.07) is 0. The largest absolute Gasteiger partial charge is 0.465 e. The first-order valence-corrected chi connectivity index (χ1v) is 5.49. The first-order chi connectivity index (χ1) is 7.52. The van der Waals surface area contributed by atoms with Crippen molar-refractivity contribution < 1.29 is 19.4 Å². The van der Waals surface area contributed by atoms with Crippen molar-refractivity contribution in [2.24, 2.45) is 5.73 Å². The maximum Gasteiger partial charge on any atom is 0.409 e. The van der Waals surface area contributed by atoms with Crippen LogP contribution in [0.2, 0.25) is 0 Å². The Hall–Kier alpha value is -1.30. The fraction of sp³-hybridized carbons (Fsp3) is 0.800. The molecule has 0 saturated carbocycles. The van der Waals surface area contributed by atoms with Crippen LogP contribution in [0.3, 0.4) is 0 Å². The maximum atomic E-state index is 11.7. The van der Waals surface area contributed by atoms with Gasteiger partial charge in [0.05, 0.1) is 6.61 Å². The van der Waals surface area contributed by atoms with Gasteiger partial charge in [0.15, 0.2) is 5.66 Å². The van der Waals surface area contributed by atoms with Crippen LogP contribution in [0, 0.1) is 0 Å². The van der Waals surface area contributed by atoms with Crippen molar-refractivity contribution in [1.29, 1.82) is 0 Å². The lowest BCUT2D eigenvalue weighted by atomic mass is 10.1. The Morgan fingerprint density at radius 3 is 2.81 bits per heavy atom. The Morgan fingerprint density at radius 1 is 1.56 bits per heavy atom. The second-order valence-electron chi connectivity index (χ2n) is 3.95. The SMILES string of the molecule is CCCCOC(=O)C1(N)CCCN1C(=O)O. The summed E-state index contributed by atoms with van der Waals surface area (Å²) in [6.45, 7) is 2.56. The third-order valence-electron chi connectivity index (χ3n) is 2.74. The second-order valence-corrected chi connectivity index (χ2v) is 3.95. The van der Waals surface area contributed by atoms with Crippen molar-refractivity contribution in [1.82, 2.24) is 4.90 Å². The van der Waals surface area contributed by atoms with Crippen molar-refractivity contribution >= 4 is 12.1 Å². The topological polar surface area (TPSA) is 92.9 Å². The van der Waals surface area contributed by atoms with E-state index in [4.69, 9.17) is 15.6 Å². The summed E-state index contributed by atoms with van der Waals surface area (Å²) in [7, 11) is 0. The van der Waals surface area contributed by atoms with E-state index >= 15 is 0 Å². The zero-order valence-electron chi connectivity index (χ0n) is 9.44. The molecular weight excluding hydrogens is 212 g/mol. The quantitative estimate of drug-likeness (QED) is 0.549. The lowest BCUT2D eigenvalue weighted by Crippen LogP contribution is -2.60. The van der Waals surface area contributed by atoms with Crippen LogP contribution in [0.25, 0.3) is 0 Å². The van der Waals surface area contributed by atoms with E-state index in [1.54, 1.807) is 0 Å². The van der Waals surface area contributed by atoms with E-state index in [1.807, 2.05) is 6.92 Å². The number of carbonyl (C=O) groups is 2. The van der Waals surface area contributed by atoms with Gasteiger partial charge in [-0.15, -0.1) is 0 Å². The standard InChI is InChI=1S/C10H18N2O4/c1-2-3-7-16-8(13)10(11)5-4-6-12(10)9(14)15/h2-7,11H2,1H3,(H,14,15). The van der Waals surface area contributed by atoms with Gasteiger partial charge in [-0.3, -0.25) is 10.6 Å². The molecule has 1 aliphatic heterocycles. The van der Waals surface area contributed by atoms with Crippen LogP contribution in [0.5, 0.6) is 0 Å². The molecule has 16 heavy (non-hydrogen) atoms. The van der Waals surface area contributed by atoms with Gasteiger partial charge in [-0.2, -0.15) is 0 Å². The second kappa shape index (κ2) is 5.16. The normalized spacial score (nSPS) is 24.5. The highest BCUT2D eigenvalue weighted by molar-refractivity contribution is 5.85. The molecule has 0 aliphatic carbocycles. The molecule has 6 heteroatoms. The minimum Gasteiger partial charge on any atom is -0.465 e. The summed E-state index contributed by atoms with van der Waals surface area (Å²) in [5.74, 6) is -0.638. The maximum absolute atomic E-state index is 11.7. The number of hydrogen-bond donors (Lipinski definition) is 2. The van der Waals surface area contributed by atoms with Crippen LogP contribution in [0.4, 0.5) is 4.79 Å². The average molecular weight is 230 g/mol. The Kier molecular flexibility index (Phi) is 4.12. The smallest absolute Gasteiger partial charge is 0.409 e. The monoisotopic (exact) mass is 230 g/mol. The van der Waals surface area contributed by atoms with Gasteiger partial charge in [-0.05, 0) is 19.3 Å². The summed E-state index contributed by atoms with van der Waals surface area (Å²) >= 11 is 0. The minimum absolute atomic E-state index is 0.286. The molecule has 1 unspecified atom stereocenters. The van der Waals surface area contributed by atoms with Gasteiger partial charge in [0, 0.05) is 6.54 Å². The zero-order valence-corrected chi connectivity index (χ0v) is 9.44. The summed E-state index contributed by atoms with van der Waals surface area (Å²) in [4.78, 5) is 23.6. The highest BCUT2D eigenvalue weighted by Gasteiger charge is 2.48. The number of ether oxygens (including phenoxy) is 1. The van der Waals surface area contributed by atoms with Gasteiger partial charge < -0.3 is 9.84 Å². The van der Waals surface area contributed by atoms with E-state index in [-0.39, 0.29) is 6.54 Å². The van der Waals surface area contributed by atoms with Crippen molar-refractivity contribution in [3.8, 4) is 0 Å². The van der Waals surface area contributed by atoms with Crippen molar-refractivity contribution in [3.63, 3.8) is 0 Å². The summed E-state index contributed by atoms with van der Waals surface area (Å²) in [6.07, 6.45) is 1.41. The Bertz CT molecular complexity index is 282. The molecule has 3 N–H and O–H groups in total. The van der Waals surface area contributed by atoms with E-state index in [2.05, 4.69) is 0 Å². The van der Waals surface area contributed by atoms with Crippen LogP contribution < -0.4 is 5.73 Å². The van der Waals surface area contributed by atoms with Gasteiger partial charge in [-0.25, -0.2) is 9.59 Å². The number of likely N-dealkylation sites (tertiary alicyclic amines) is 1. The first kappa shape index (κ1) is 12.8. The van der Waals surface area contributed by atoms with Gasteiger partial charge in [0.25, 0.3) is 0 Å². The molecule has 1 amide bonds. The van der Waals surface area contributed by atoms with Crippen LogP contribution in [0.15, 0.2) is 0 Å². The molecule has 1 atom stereocenters. The molecule has 1 fully saturated rings. The number of hydrogen-bond acceptors (Lipinski definition) is 4. The molecule has 0 aromatic heterocycles. The van der Waals surface area contributed by atoms with E-state index in [0.29, 0.717) is 19.4 Å². The fourth-order valence-corrected chi connectivity index (χ4v) is 1.75. The first-order valence-electron chi connectivity index (χ1n) is 5.49. The van der Waals surface area contributed by atoms with Crippen LogP contribution in [-0.2, 0) is 9.53 Å². The summed E-state index contributed by atoms with van der Waals surface area (Å²) in [5.41, 5.74) is 4.31. The Morgan fingerprint density at radius 2 is 2.25 bits per heavy atom. The number of carbonyl (C=O) groups excluding carboxylic acids is 1.